The van der Waals surface area contributed by atoms with Crippen molar-refractivity contribution in [2.75, 3.05) is 6.54 Å². The molecule has 88 valence electrons. The normalized spacial score (nSPS) is 17.6. The van der Waals surface area contributed by atoms with Crippen molar-refractivity contribution in [2.24, 2.45) is 5.92 Å². The number of hydrogen-bond donors (Lipinski definition) is 1. The van der Waals surface area contributed by atoms with Crippen LogP contribution in [0.3, 0.4) is 0 Å². The third kappa shape index (κ3) is 3.21. The summed E-state index contributed by atoms with van der Waals surface area (Å²) in [6.45, 7) is -0.0502. The van der Waals surface area contributed by atoms with E-state index in [4.69, 9.17) is 0 Å². The van der Waals surface area contributed by atoms with Crippen LogP contribution in [-0.4, -0.2) is 29.0 Å². The Hall–Kier alpha value is -2.04. The van der Waals surface area contributed by atoms with Crippen LogP contribution in [0.2, 0.25) is 0 Å². The number of nitrogens with one attached hydrogen (secondary N) is 1. The Bertz CT molecular complexity index is 456. The quantitative estimate of drug-likeness (QED) is 0.744. The lowest BCUT2D eigenvalue weighted by Crippen LogP contribution is -2.29. The zero-order valence-corrected chi connectivity index (χ0v) is 9.18. The summed E-state index contributed by atoms with van der Waals surface area (Å²) in [6, 6.07) is 3.31. The Kier molecular flexibility index (Phi) is 3.27. The van der Waals surface area contributed by atoms with Crippen LogP contribution in [0.1, 0.15) is 23.2 Å². The first-order chi connectivity index (χ1) is 8.16. The first-order valence-corrected chi connectivity index (χ1v) is 5.39. The summed E-state index contributed by atoms with van der Waals surface area (Å²) in [7, 11) is 0. The molecule has 1 atom stereocenters. The van der Waals surface area contributed by atoms with Crippen molar-refractivity contribution in [1.82, 2.24) is 10.3 Å². The molecule has 1 fully saturated rings. The molecule has 1 aliphatic rings. The number of aromatic nitrogens is 1. The molecule has 0 bridgehead atoms. The number of nitrogens with zero attached hydrogens (tertiary/aromatic N) is 1. The smallest absolute Gasteiger partial charge is 0.221 e. The van der Waals surface area contributed by atoms with Crippen molar-refractivity contribution in [2.45, 2.75) is 12.8 Å². The molecule has 17 heavy (non-hydrogen) atoms. The van der Waals surface area contributed by atoms with Crippen LogP contribution in [0, 0.1) is 5.92 Å². The van der Waals surface area contributed by atoms with Gasteiger partial charge in [-0.05, 0) is 12.1 Å². The van der Waals surface area contributed by atoms with Gasteiger partial charge in [0, 0.05) is 36.7 Å². The van der Waals surface area contributed by atoms with Gasteiger partial charge in [-0.15, -0.1) is 0 Å². The molecule has 1 saturated carbocycles. The van der Waals surface area contributed by atoms with E-state index in [1.165, 1.54) is 6.20 Å². The molecule has 1 heterocycles. The van der Waals surface area contributed by atoms with Crippen LogP contribution < -0.4 is 5.32 Å². The minimum atomic E-state index is -0.252. The zero-order chi connectivity index (χ0) is 12.3. The van der Waals surface area contributed by atoms with Crippen molar-refractivity contribution in [3.63, 3.8) is 0 Å². The summed E-state index contributed by atoms with van der Waals surface area (Å²) in [4.78, 5) is 37.5. The molecule has 1 N–H and O–H groups in total. The van der Waals surface area contributed by atoms with Crippen molar-refractivity contribution >= 4 is 17.5 Å². The number of Topliss-reactive ketones (excluding diaryl/α,β-unsaturated/α-hetero) is 2. The van der Waals surface area contributed by atoms with Gasteiger partial charge in [-0.2, -0.15) is 0 Å². The lowest BCUT2D eigenvalue weighted by atomic mass is 10.2. The van der Waals surface area contributed by atoms with Crippen molar-refractivity contribution in [3.05, 3.63) is 30.1 Å². The van der Waals surface area contributed by atoms with Gasteiger partial charge in [0.1, 0.15) is 5.78 Å². The second kappa shape index (κ2) is 4.86. The Morgan fingerprint density at radius 2 is 2.24 bits per heavy atom. The van der Waals surface area contributed by atoms with E-state index in [9.17, 15) is 14.4 Å². The third-order valence-electron chi connectivity index (χ3n) is 2.60. The molecule has 5 heteroatoms. The number of ketones is 2. The van der Waals surface area contributed by atoms with Crippen molar-refractivity contribution < 1.29 is 14.4 Å². The molecule has 1 amide bonds. The van der Waals surface area contributed by atoms with E-state index >= 15 is 0 Å². The molecule has 1 unspecified atom stereocenters. The van der Waals surface area contributed by atoms with Gasteiger partial charge in [-0.1, -0.05) is 0 Å². The first kappa shape index (κ1) is 11.4. The van der Waals surface area contributed by atoms with Crippen LogP contribution in [0.25, 0.3) is 0 Å². The van der Waals surface area contributed by atoms with E-state index in [1.807, 2.05) is 0 Å². The van der Waals surface area contributed by atoms with Crippen LogP contribution in [-0.2, 0) is 9.59 Å². The van der Waals surface area contributed by atoms with Gasteiger partial charge < -0.3 is 5.32 Å². The number of carbonyl (C=O) groups excluding carboxylic acids is 3. The van der Waals surface area contributed by atoms with Crippen molar-refractivity contribution in [3.8, 4) is 0 Å². The van der Waals surface area contributed by atoms with Gasteiger partial charge in [0.2, 0.25) is 5.91 Å². The molecule has 0 saturated heterocycles. The maximum atomic E-state index is 11.6. The molecule has 0 aliphatic heterocycles. The second-order valence-corrected chi connectivity index (χ2v) is 4.01. The molecular formula is C12H12N2O3. The van der Waals surface area contributed by atoms with Gasteiger partial charge in [0.15, 0.2) is 5.78 Å². The summed E-state index contributed by atoms with van der Waals surface area (Å²) in [5.74, 6) is -0.436. The average Bonchev–Trinajstić information content (AvgIpc) is 3.03. The fourth-order valence-electron chi connectivity index (χ4n) is 1.47. The van der Waals surface area contributed by atoms with Crippen molar-refractivity contribution in [1.29, 1.82) is 0 Å². The number of amides is 1. The number of pyridine rings is 1. The highest BCUT2D eigenvalue weighted by Crippen LogP contribution is 2.27. The fraction of sp³-hybridized carbons (Fsp3) is 0.333. The molecule has 0 spiro atoms. The third-order valence-corrected chi connectivity index (χ3v) is 2.60. The zero-order valence-electron chi connectivity index (χ0n) is 9.18. The minimum absolute atomic E-state index is 0.0502. The summed E-state index contributed by atoms with van der Waals surface area (Å²) >= 11 is 0. The van der Waals surface area contributed by atoms with Gasteiger partial charge in [-0.3, -0.25) is 19.4 Å². The molecule has 5 nitrogen and oxygen atoms in total. The molecule has 1 aromatic heterocycles. The Labute approximate surface area is 98.2 Å². The van der Waals surface area contributed by atoms with Gasteiger partial charge in [-0.25, -0.2) is 0 Å². The summed E-state index contributed by atoms with van der Waals surface area (Å²) < 4.78 is 0. The first-order valence-electron chi connectivity index (χ1n) is 5.39. The molecule has 1 aliphatic carbocycles. The maximum absolute atomic E-state index is 11.6. The summed E-state index contributed by atoms with van der Waals surface area (Å²) in [6.07, 6.45) is 3.72. The van der Waals surface area contributed by atoms with Crippen LogP contribution in [0.5, 0.6) is 0 Å². The van der Waals surface area contributed by atoms with E-state index < -0.39 is 0 Å². The number of rotatable bonds is 5. The Morgan fingerprint density at radius 3 is 2.82 bits per heavy atom. The van der Waals surface area contributed by atoms with E-state index in [0.29, 0.717) is 12.0 Å². The molecule has 0 aromatic carbocycles. The lowest BCUT2D eigenvalue weighted by molar-refractivity contribution is -0.122. The SMILES string of the molecule is O=C(CC1CC1=O)NCC(=O)c1cccnc1. The van der Waals surface area contributed by atoms with E-state index in [-0.39, 0.29) is 36.4 Å². The number of carbonyl (C=O) groups is 3. The average molecular weight is 232 g/mol. The topological polar surface area (TPSA) is 76.1 Å². The van der Waals surface area contributed by atoms with Gasteiger partial charge in [0.25, 0.3) is 0 Å². The number of hydrogen-bond acceptors (Lipinski definition) is 4. The minimum Gasteiger partial charge on any atom is -0.349 e. The predicted octanol–water partition coefficient (Wildman–Crippen LogP) is 0.360. The predicted molar refractivity (Wildman–Crippen MR) is 59.3 cm³/mol. The highest BCUT2D eigenvalue weighted by Gasteiger charge is 2.36. The van der Waals surface area contributed by atoms with E-state index in [1.54, 1.807) is 18.3 Å². The fourth-order valence-corrected chi connectivity index (χ4v) is 1.47. The lowest BCUT2D eigenvalue weighted by Gasteiger charge is -2.03. The molecular weight excluding hydrogens is 220 g/mol. The van der Waals surface area contributed by atoms with Crippen LogP contribution in [0.15, 0.2) is 24.5 Å². The standard InChI is InChI=1S/C12H12N2O3/c15-10-4-9(10)5-12(17)14-7-11(16)8-2-1-3-13-6-8/h1-3,6,9H,4-5,7H2,(H,14,17). The molecule has 2 rings (SSSR count). The molecule has 1 aromatic rings. The largest absolute Gasteiger partial charge is 0.349 e. The molecule has 0 radical (unpaired) electrons. The van der Waals surface area contributed by atoms with Gasteiger partial charge in [0.05, 0.1) is 6.54 Å². The van der Waals surface area contributed by atoms with E-state index in [0.717, 1.165) is 0 Å². The summed E-state index contributed by atoms with van der Waals surface area (Å²) in [5.41, 5.74) is 0.468. The van der Waals surface area contributed by atoms with Crippen LogP contribution >= 0.6 is 0 Å². The monoisotopic (exact) mass is 232 g/mol. The second-order valence-electron chi connectivity index (χ2n) is 4.01. The van der Waals surface area contributed by atoms with Gasteiger partial charge >= 0.3 is 0 Å². The summed E-state index contributed by atoms with van der Waals surface area (Å²) in [5, 5.41) is 2.50. The highest BCUT2D eigenvalue weighted by molar-refractivity contribution is 6.01. The Morgan fingerprint density at radius 1 is 1.47 bits per heavy atom. The maximum Gasteiger partial charge on any atom is 0.221 e. The Balaban J connectivity index is 1.76. The van der Waals surface area contributed by atoms with E-state index in [2.05, 4.69) is 10.3 Å². The highest BCUT2D eigenvalue weighted by atomic mass is 16.2. The van der Waals surface area contributed by atoms with Crippen LogP contribution in [0.4, 0.5) is 0 Å².